The van der Waals surface area contributed by atoms with Crippen LogP contribution in [0.5, 0.6) is 0 Å². The van der Waals surface area contributed by atoms with Crippen LogP contribution in [0.2, 0.25) is 5.15 Å². The molecule has 0 saturated carbocycles. The lowest BCUT2D eigenvalue weighted by Gasteiger charge is -1.79. The maximum absolute atomic E-state index is 5.43. The first-order chi connectivity index (χ1) is 5.89. The standard InChI is InChI=1S/C5H4ClN.C4H5N/c6-5-3-1-2-4-7-5;1-2-4-5-3-1/h1-4H;1-5H. The summed E-state index contributed by atoms with van der Waals surface area (Å²) in [5, 5.41) is 0.544. The van der Waals surface area contributed by atoms with Crippen LogP contribution in [0.15, 0.2) is 48.9 Å². The number of nitrogens with zero attached hydrogens (tertiary/aromatic N) is 1. The summed E-state index contributed by atoms with van der Waals surface area (Å²) in [6.45, 7) is 0. The number of H-pyrrole nitrogens is 1. The molecule has 2 rings (SSSR count). The zero-order valence-electron chi connectivity index (χ0n) is 6.44. The Kier molecular flexibility index (Phi) is 3.95. The molecule has 62 valence electrons. The first-order valence-corrected chi connectivity index (χ1v) is 3.91. The van der Waals surface area contributed by atoms with Gasteiger partial charge in [-0.3, -0.25) is 0 Å². The van der Waals surface area contributed by atoms with Crippen LogP contribution in [0.1, 0.15) is 0 Å². The fourth-order valence-electron chi connectivity index (χ4n) is 0.620. The van der Waals surface area contributed by atoms with Gasteiger partial charge in [-0.05, 0) is 24.3 Å². The van der Waals surface area contributed by atoms with Gasteiger partial charge >= 0.3 is 0 Å². The maximum atomic E-state index is 5.43. The predicted molar refractivity (Wildman–Crippen MR) is 50.0 cm³/mol. The van der Waals surface area contributed by atoms with E-state index in [2.05, 4.69) is 9.97 Å². The largest absolute Gasteiger partial charge is 0.368 e. The van der Waals surface area contributed by atoms with E-state index in [0.717, 1.165) is 0 Å². The Morgan fingerprint density at radius 2 is 1.83 bits per heavy atom. The molecule has 0 fully saturated rings. The quantitative estimate of drug-likeness (QED) is 0.621. The van der Waals surface area contributed by atoms with E-state index in [1.54, 1.807) is 12.3 Å². The molecule has 0 aliphatic rings. The van der Waals surface area contributed by atoms with Crippen LogP contribution in [0.3, 0.4) is 0 Å². The number of pyridine rings is 1. The molecule has 12 heavy (non-hydrogen) atoms. The molecule has 2 aromatic heterocycles. The molecule has 0 saturated heterocycles. The molecular formula is C9H9ClN2. The Labute approximate surface area is 76.2 Å². The molecule has 0 radical (unpaired) electrons. The molecule has 0 spiro atoms. The second-order valence-corrected chi connectivity index (χ2v) is 2.42. The second-order valence-electron chi connectivity index (χ2n) is 2.04. The number of aromatic nitrogens is 2. The highest BCUT2D eigenvalue weighted by Gasteiger charge is 1.76. The van der Waals surface area contributed by atoms with Crippen LogP contribution in [0.4, 0.5) is 0 Å². The van der Waals surface area contributed by atoms with Crippen LogP contribution >= 0.6 is 11.6 Å². The minimum absolute atomic E-state index is 0.544. The lowest BCUT2D eigenvalue weighted by molar-refractivity contribution is 1.33. The molecule has 2 aromatic rings. The topological polar surface area (TPSA) is 28.7 Å². The zero-order valence-corrected chi connectivity index (χ0v) is 7.20. The van der Waals surface area contributed by atoms with Gasteiger partial charge in [-0.25, -0.2) is 4.98 Å². The van der Waals surface area contributed by atoms with Crippen molar-refractivity contribution in [3.8, 4) is 0 Å². The molecule has 2 heterocycles. The number of rotatable bonds is 0. The van der Waals surface area contributed by atoms with Crippen molar-refractivity contribution in [3.63, 3.8) is 0 Å². The molecule has 0 unspecified atom stereocenters. The van der Waals surface area contributed by atoms with Crippen LogP contribution in [0, 0.1) is 0 Å². The summed E-state index contributed by atoms with van der Waals surface area (Å²) in [4.78, 5) is 6.61. The summed E-state index contributed by atoms with van der Waals surface area (Å²) in [5.41, 5.74) is 0. The molecule has 1 N–H and O–H groups in total. The number of hydrogen-bond acceptors (Lipinski definition) is 1. The normalized spacial score (nSPS) is 8.42. The van der Waals surface area contributed by atoms with Gasteiger partial charge in [0.2, 0.25) is 0 Å². The first-order valence-electron chi connectivity index (χ1n) is 3.54. The second kappa shape index (κ2) is 5.38. The Balaban J connectivity index is 0.000000127. The molecule has 0 aliphatic carbocycles. The van der Waals surface area contributed by atoms with E-state index in [1.807, 2.05) is 36.7 Å². The lowest BCUT2D eigenvalue weighted by atomic mass is 10.5. The molecule has 0 aromatic carbocycles. The minimum atomic E-state index is 0.544. The molecule has 0 atom stereocenters. The first kappa shape index (κ1) is 8.81. The van der Waals surface area contributed by atoms with Crippen molar-refractivity contribution >= 4 is 11.6 Å². The van der Waals surface area contributed by atoms with Gasteiger partial charge in [-0.1, -0.05) is 17.7 Å². The molecular weight excluding hydrogens is 172 g/mol. The number of halogens is 1. The van der Waals surface area contributed by atoms with Crippen LogP contribution in [-0.4, -0.2) is 9.97 Å². The maximum Gasteiger partial charge on any atom is 0.129 e. The summed E-state index contributed by atoms with van der Waals surface area (Å²) in [5.74, 6) is 0. The summed E-state index contributed by atoms with van der Waals surface area (Å²) >= 11 is 5.43. The van der Waals surface area contributed by atoms with Crippen LogP contribution < -0.4 is 0 Å². The van der Waals surface area contributed by atoms with E-state index in [4.69, 9.17) is 11.6 Å². The Bertz CT molecular complexity index is 261. The molecule has 0 amide bonds. The van der Waals surface area contributed by atoms with E-state index in [9.17, 15) is 0 Å². The number of hydrogen-bond donors (Lipinski definition) is 1. The van der Waals surface area contributed by atoms with Gasteiger partial charge in [-0.15, -0.1) is 0 Å². The number of nitrogens with one attached hydrogen (secondary N) is 1. The van der Waals surface area contributed by atoms with Crippen molar-refractivity contribution in [3.05, 3.63) is 54.1 Å². The third kappa shape index (κ3) is 3.78. The zero-order chi connectivity index (χ0) is 8.65. The molecule has 0 aliphatic heterocycles. The van der Waals surface area contributed by atoms with Crippen molar-refractivity contribution in [1.82, 2.24) is 9.97 Å². The van der Waals surface area contributed by atoms with Crippen molar-refractivity contribution in [2.24, 2.45) is 0 Å². The SMILES string of the molecule is Clc1ccccn1.c1cc[nH]c1. The van der Waals surface area contributed by atoms with E-state index in [1.165, 1.54) is 0 Å². The fraction of sp³-hybridized carbons (Fsp3) is 0. The van der Waals surface area contributed by atoms with E-state index < -0.39 is 0 Å². The highest BCUT2D eigenvalue weighted by atomic mass is 35.5. The van der Waals surface area contributed by atoms with Gasteiger partial charge < -0.3 is 4.98 Å². The summed E-state index contributed by atoms with van der Waals surface area (Å²) in [6.07, 6.45) is 5.41. The van der Waals surface area contributed by atoms with E-state index in [0.29, 0.717) is 5.15 Å². The monoisotopic (exact) mass is 180 g/mol. The third-order valence-electron chi connectivity index (χ3n) is 1.12. The summed E-state index contributed by atoms with van der Waals surface area (Å²) in [7, 11) is 0. The average Bonchev–Trinajstić information content (AvgIpc) is 2.62. The average molecular weight is 181 g/mol. The predicted octanol–water partition coefficient (Wildman–Crippen LogP) is 2.75. The number of aromatic amines is 1. The lowest BCUT2D eigenvalue weighted by Crippen LogP contribution is -1.65. The van der Waals surface area contributed by atoms with Crippen molar-refractivity contribution in [2.45, 2.75) is 0 Å². The summed E-state index contributed by atoms with van der Waals surface area (Å²) in [6, 6.07) is 9.29. The van der Waals surface area contributed by atoms with Gasteiger partial charge in [0.1, 0.15) is 5.15 Å². The van der Waals surface area contributed by atoms with Gasteiger partial charge in [0.05, 0.1) is 0 Å². The van der Waals surface area contributed by atoms with Gasteiger partial charge in [0.25, 0.3) is 0 Å². The van der Waals surface area contributed by atoms with Gasteiger partial charge in [0.15, 0.2) is 0 Å². The smallest absolute Gasteiger partial charge is 0.129 e. The Morgan fingerprint density at radius 1 is 1.08 bits per heavy atom. The van der Waals surface area contributed by atoms with Crippen molar-refractivity contribution in [1.29, 1.82) is 0 Å². The van der Waals surface area contributed by atoms with E-state index >= 15 is 0 Å². The minimum Gasteiger partial charge on any atom is -0.368 e. The highest BCUT2D eigenvalue weighted by molar-refractivity contribution is 6.29. The van der Waals surface area contributed by atoms with Crippen LogP contribution in [-0.2, 0) is 0 Å². The van der Waals surface area contributed by atoms with Crippen molar-refractivity contribution < 1.29 is 0 Å². The highest BCUT2D eigenvalue weighted by Crippen LogP contribution is 1.98. The van der Waals surface area contributed by atoms with Gasteiger partial charge in [-0.2, -0.15) is 0 Å². The Hall–Kier alpha value is -1.28. The van der Waals surface area contributed by atoms with Crippen LogP contribution in [0.25, 0.3) is 0 Å². The van der Waals surface area contributed by atoms with E-state index in [-0.39, 0.29) is 0 Å². The van der Waals surface area contributed by atoms with Gasteiger partial charge in [0, 0.05) is 18.6 Å². The fourth-order valence-corrected chi connectivity index (χ4v) is 0.749. The molecule has 0 bridgehead atoms. The molecule has 2 nitrogen and oxygen atoms in total. The Morgan fingerprint density at radius 3 is 2.08 bits per heavy atom. The van der Waals surface area contributed by atoms with Crippen molar-refractivity contribution in [2.75, 3.05) is 0 Å². The molecule has 3 heteroatoms. The summed E-state index contributed by atoms with van der Waals surface area (Å²) < 4.78 is 0. The third-order valence-corrected chi connectivity index (χ3v) is 1.35.